The highest BCUT2D eigenvalue weighted by Crippen LogP contribution is 2.30. The zero-order chi connectivity index (χ0) is 16.1. The molecule has 0 aliphatic carbocycles. The van der Waals surface area contributed by atoms with E-state index in [1.807, 2.05) is 32.0 Å². The molecule has 0 amide bonds. The van der Waals surface area contributed by atoms with Gasteiger partial charge in [-0.25, -0.2) is 0 Å². The number of carbonyl (C=O) groups excluding carboxylic acids is 1. The largest absolute Gasteiger partial charge is 0.506 e. The number of para-hydroxylation sites is 1. The van der Waals surface area contributed by atoms with E-state index < -0.39 is 0 Å². The topological polar surface area (TPSA) is 46.5 Å². The lowest BCUT2D eigenvalue weighted by Crippen LogP contribution is -2.01. The maximum absolute atomic E-state index is 12.3. The molecule has 0 spiro atoms. The van der Waals surface area contributed by atoms with Crippen LogP contribution in [0.25, 0.3) is 6.08 Å². The first-order valence-electron chi connectivity index (χ1n) is 6.96. The van der Waals surface area contributed by atoms with E-state index in [-0.39, 0.29) is 11.5 Å². The minimum absolute atomic E-state index is 0.118. The molecule has 2 rings (SSSR count). The van der Waals surface area contributed by atoms with E-state index in [4.69, 9.17) is 4.74 Å². The normalized spacial score (nSPS) is 10.9. The lowest BCUT2D eigenvalue weighted by molar-refractivity contribution is 0.104. The number of hydrogen-bond donors (Lipinski definition) is 1. The zero-order valence-electron chi connectivity index (χ0n) is 12.5. The van der Waals surface area contributed by atoms with Crippen molar-refractivity contribution in [2.75, 3.05) is 6.61 Å². The molecule has 2 aromatic rings. The van der Waals surface area contributed by atoms with E-state index in [0.29, 0.717) is 28.0 Å². The average Bonchev–Trinajstić information content (AvgIpc) is 2.50. The molecule has 114 valence electrons. The van der Waals surface area contributed by atoms with E-state index in [1.54, 1.807) is 24.3 Å². The molecule has 0 fully saturated rings. The molecule has 0 unspecified atom stereocenters. The van der Waals surface area contributed by atoms with Crippen molar-refractivity contribution in [1.29, 1.82) is 0 Å². The van der Waals surface area contributed by atoms with Crippen LogP contribution in [0.1, 0.15) is 28.4 Å². The van der Waals surface area contributed by atoms with Gasteiger partial charge < -0.3 is 9.84 Å². The van der Waals surface area contributed by atoms with Crippen LogP contribution in [-0.4, -0.2) is 17.5 Å². The Morgan fingerprint density at radius 2 is 2.05 bits per heavy atom. The number of phenols is 1. The fraction of sp³-hybridized carbons (Fsp3) is 0.167. The van der Waals surface area contributed by atoms with Crippen molar-refractivity contribution in [3.05, 3.63) is 63.6 Å². The van der Waals surface area contributed by atoms with E-state index >= 15 is 0 Å². The van der Waals surface area contributed by atoms with Gasteiger partial charge in [0, 0.05) is 5.56 Å². The third-order valence-electron chi connectivity index (χ3n) is 3.10. The Kier molecular flexibility index (Phi) is 5.39. The summed E-state index contributed by atoms with van der Waals surface area (Å²) in [4.78, 5) is 12.3. The molecule has 0 heterocycles. The molecular formula is C18H17BrO3. The Bertz CT molecular complexity index is 720. The van der Waals surface area contributed by atoms with Crippen LogP contribution in [0.5, 0.6) is 11.5 Å². The Morgan fingerprint density at radius 1 is 1.32 bits per heavy atom. The van der Waals surface area contributed by atoms with E-state index in [9.17, 15) is 9.90 Å². The van der Waals surface area contributed by atoms with Crippen LogP contribution in [-0.2, 0) is 0 Å². The van der Waals surface area contributed by atoms with Gasteiger partial charge in [0.15, 0.2) is 5.78 Å². The molecule has 22 heavy (non-hydrogen) atoms. The first-order chi connectivity index (χ1) is 10.5. The van der Waals surface area contributed by atoms with Gasteiger partial charge in [0.25, 0.3) is 0 Å². The molecule has 0 aromatic heterocycles. The predicted molar refractivity (Wildman–Crippen MR) is 91.5 cm³/mol. The van der Waals surface area contributed by atoms with Gasteiger partial charge in [-0.3, -0.25) is 4.79 Å². The smallest absolute Gasteiger partial charge is 0.189 e. The Balaban J connectivity index is 2.29. The first kappa shape index (κ1) is 16.3. The highest BCUT2D eigenvalue weighted by Gasteiger charge is 2.10. The van der Waals surface area contributed by atoms with Crippen molar-refractivity contribution in [3.8, 4) is 11.5 Å². The fourth-order valence-electron chi connectivity index (χ4n) is 2.10. The Hall–Kier alpha value is -2.07. The van der Waals surface area contributed by atoms with E-state index in [0.717, 1.165) is 5.56 Å². The monoisotopic (exact) mass is 360 g/mol. The highest BCUT2D eigenvalue weighted by molar-refractivity contribution is 9.10. The van der Waals surface area contributed by atoms with Crippen LogP contribution in [0, 0.1) is 6.92 Å². The average molecular weight is 361 g/mol. The summed E-state index contributed by atoms with van der Waals surface area (Å²) in [5.74, 6) is 0.517. The third-order valence-corrected chi connectivity index (χ3v) is 3.71. The van der Waals surface area contributed by atoms with Gasteiger partial charge in [0.2, 0.25) is 0 Å². The van der Waals surface area contributed by atoms with Gasteiger partial charge in [-0.05, 0) is 71.8 Å². The van der Waals surface area contributed by atoms with Crippen LogP contribution in [0.3, 0.4) is 0 Å². The summed E-state index contributed by atoms with van der Waals surface area (Å²) < 4.78 is 6.07. The number of carbonyl (C=O) groups is 1. The number of allylic oxidation sites excluding steroid dienone is 1. The summed E-state index contributed by atoms with van der Waals surface area (Å²) >= 11 is 3.29. The number of halogens is 1. The standard InChI is InChI=1S/C18H17BrO3/c1-3-22-17-7-5-4-6-14(17)16(20)9-8-13-10-12(2)11-15(19)18(13)21/h4-11,21H,3H2,1-2H3/b9-8+. The number of rotatable bonds is 5. The molecule has 0 saturated heterocycles. The third kappa shape index (κ3) is 3.77. The second-order valence-electron chi connectivity index (χ2n) is 4.81. The minimum atomic E-state index is -0.166. The van der Waals surface area contributed by atoms with Crippen molar-refractivity contribution in [1.82, 2.24) is 0 Å². The molecule has 2 aromatic carbocycles. The Morgan fingerprint density at radius 3 is 2.77 bits per heavy atom. The SMILES string of the molecule is CCOc1ccccc1C(=O)/C=C/c1cc(C)cc(Br)c1O. The molecule has 0 atom stereocenters. The quantitative estimate of drug-likeness (QED) is 0.617. The highest BCUT2D eigenvalue weighted by atomic mass is 79.9. The van der Waals surface area contributed by atoms with Gasteiger partial charge in [-0.2, -0.15) is 0 Å². The summed E-state index contributed by atoms with van der Waals surface area (Å²) in [5, 5.41) is 10.0. The van der Waals surface area contributed by atoms with E-state index in [2.05, 4.69) is 15.9 Å². The summed E-state index contributed by atoms with van der Waals surface area (Å²) in [6, 6.07) is 10.8. The second-order valence-corrected chi connectivity index (χ2v) is 5.67. The molecule has 0 radical (unpaired) electrons. The van der Waals surface area contributed by atoms with Crippen LogP contribution in [0.15, 0.2) is 46.9 Å². The molecular weight excluding hydrogens is 344 g/mol. The predicted octanol–water partition coefficient (Wildman–Crippen LogP) is 4.76. The first-order valence-corrected chi connectivity index (χ1v) is 7.75. The maximum Gasteiger partial charge on any atom is 0.189 e. The number of benzene rings is 2. The van der Waals surface area contributed by atoms with Crippen LogP contribution in [0.4, 0.5) is 0 Å². The minimum Gasteiger partial charge on any atom is -0.506 e. The molecule has 4 heteroatoms. The number of aryl methyl sites for hydroxylation is 1. The lowest BCUT2D eigenvalue weighted by Gasteiger charge is -2.07. The van der Waals surface area contributed by atoms with Crippen molar-refractivity contribution >= 4 is 27.8 Å². The van der Waals surface area contributed by atoms with Crippen molar-refractivity contribution in [2.45, 2.75) is 13.8 Å². The Labute approximate surface area is 138 Å². The van der Waals surface area contributed by atoms with Gasteiger partial charge in [0.1, 0.15) is 11.5 Å². The van der Waals surface area contributed by atoms with Gasteiger partial charge in [0.05, 0.1) is 16.6 Å². The second kappa shape index (κ2) is 7.27. The van der Waals surface area contributed by atoms with Crippen LogP contribution >= 0.6 is 15.9 Å². The summed E-state index contributed by atoms with van der Waals surface area (Å²) in [6.07, 6.45) is 3.05. The number of aromatic hydroxyl groups is 1. The molecule has 0 aliphatic rings. The van der Waals surface area contributed by atoms with Crippen molar-refractivity contribution in [2.24, 2.45) is 0 Å². The number of phenolic OH excluding ortho intramolecular Hbond substituents is 1. The molecule has 0 saturated carbocycles. The van der Waals surface area contributed by atoms with Gasteiger partial charge >= 0.3 is 0 Å². The summed E-state index contributed by atoms with van der Waals surface area (Å²) in [6.45, 7) is 4.30. The van der Waals surface area contributed by atoms with E-state index in [1.165, 1.54) is 6.08 Å². The van der Waals surface area contributed by atoms with Gasteiger partial charge in [-0.1, -0.05) is 12.1 Å². The number of ether oxygens (including phenoxy) is 1. The van der Waals surface area contributed by atoms with Gasteiger partial charge in [-0.15, -0.1) is 0 Å². The molecule has 1 N–H and O–H groups in total. The molecule has 0 aliphatic heterocycles. The molecule has 3 nitrogen and oxygen atoms in total. The number of hydrogen-bond acceptors (Lipinski definition) is 3. The summed E-state index contributed by atoms with van der Waals surface area (Å²) in [5.41, 5.74) is 2.09. The number of ketones is 1. The maximum atomic E-state index is 12.3. The van der Waals surface area contributed by atoms with Crippen molar-refractivity contribution in [3.63, 3.8) is 0 Å². The van der Waals surface area contributed by atoms with Crippen LogP contribution < -0.4 is 4.74 Å². The fourth-order valence-corrected chi connectivity index (χ4v) is 2.69. The summed E-state index contributed by atoms with van der Waals surface area (Å²) in [7, 11) is 0. The zero-order valence-corrected chi connectivity index (χ0v) is 14.1. The van der Waals surface area contributed by atoms with Crippen molar-refractivity contribution < 1.29 is 14.6 Å². The van der Waals surface area contributed by atoms with Crippen LogP contribution in [0.2, 0.25) is 0 Å². The molecule has 0 bridgehead atoms. The lowest BCUT2D eigenvalue weighted by atomic mass is 10.1.